The van der Waals surface area contributed by atoms with E-state index in [1.807, 2.05) is 32.0 Å². The number of anilines is 1. The molecule has 0 fully saturated rings. The summed E-state index contributed by atoms with van der Waals surface area (Å²) in [4.78, 5) is 8.37. The normalized spacial score (nSPS) is 10.1. The van der Waals surface area contributed by atoms with E-state index in [4.69, 9.17) is 10.5 Å². The Kier molecular flexibility index (Phi) is 2.72. The molecule has 2 N–H and O–H groups in total. The van der Waals surface area contributed by atoms with E-state index in [-0.39, 0.29) is 0 Å². The Morgan fingerprint density at radius 1 is 1.06 bits per heavy atom. The highest BCUT2D eigenvalue weighted by atomic mass is 16.5. The lowest BCUT2D eigenvalue weighted by molar-refractivity contribution is 0.439. The van der Waals surface area contributed by atoms with Crippen LogP contribution in [-0.2, 0) is 0 Å². The van der Waals surface area contributed by atoms with E-state index >= 15 is 0 Å². The molecule has 2 aromatic rings. The zero-order chi connectivity index (χ0) is 11.5. The summed E-state index contributed by atoms with van der Waals surface area (Å²) in [5.74, 6) is 0.644. The van der Waals surface area contributed by atoms with E-state index < -0.39 is 0 Å². The SMILES string of the molecule is Cc1cc(C)nc(Oc2cccc(N)c2)n1. The zero-order valence-electron chi connectivity index (χ0n) is 9.27. The molecule has 1 aromatic carbocycles. The predicted octanol–water partition coefficient (Wildman–Crippen LogP) is 2.47. The first-order valence-corrected chi connectivity index (χ1v) is 4.99. The van der Waals surface area contributed by atoms with Crippen molar-refractivity contribution in [3.63, 3.8) is 0 Å². The van der Waals surface area contributed by atoms with Gasteiger partial charge in [-0.2, -0.15) is 0 Å². The van der Waals surface area contributed by atoms with E-state index in [1.165, 1.54) is 0 Å². The van der Waals surface area contributed by atoms with Crippen LogP contribution in [0.4, 0.5) is 5.69 Å². The Bertz CT molecular complexity index is 491. The van der Waals surface area contributed by atoms with Crippen molar-refractivity contribution in [3.05, 3.63) is 41.7 Å². The lowest BCUT2D eigenvalue weighted by atomic mass is 10.3. The van der Waals surface area contributed by atoms with Crippen molar-refractivity contribution in [1.82, 2.24) is 9.97 Å². The Morgan fingerprint density at radius 3 is 2.38 bits per heavy atom. The van der Waals surface area contributed by atoms with Crippen LogP contribution < -0.4 is 10.5 Å². The van der Waals surface area contributed by atoms with Crippen molar-refractivity contribution in [2.45, 2.75) is 13.8 Å². The molecule has 2 rings (SSSR count). The average molecular weight is 215 g/mol. The number of aryl methyl sites for hydroxylation is 2. The quantitative estimate of drug-likeness (QED) is 0.782. The molecule has 0 aliphatic heterocycles. The second-order valence-corrected chi connectivity index (χ2v) is 3.61. The average Bonchev–Trinajstić information content (AvgIpc) is 2.15. The van der Waals surface area contributed by atoms with Crippen molar-refractivity contribution in [2.24, 2.45) is 0 Å². The van der Waals surface area contributed by atoms with Gasteiger partial charge in [0.25, 0.3) is 0 Å². The van der Waals surface area contributed by atoms with Gasteiger partial charge in [-0.1, -0.05) is 6.07 Å². The second kappa shape index (κ2) is 4.18. The highest BCUT2D eigenvalue weighted by Crippen LogP contribution is 2.20. The van der Waals surface area contributed by atoms with Gasteiger partial charge in [-0.15, -0.1) is 0 Å². The van der Waals surface area contributed by atoms with Gasteiger partial charge >= 0.3 is 6.01 Å². The molecule has 0 saturated carbocycles. The molecule has 0 aliphatic rings. The summed E-state index contributed by atoms with van der Waals surface area (Å²) in [6, 6.07) is 9.43. The fourth-order valence-corrected chi connectivity index (χ4v) is 1.42. The molecule has 0 unspecified atom stereocenters. The van der Waals surface area contributed by atoms with Crippen molar-refractivity contribution in [1.29, 1.82) is 0 Å². The first-order valence-electron chi connectivity index (χ1n) is 4.99. The second-order valence-electron chi connectivity index (χ2n) is 3.61. The van der Waals surface area contributed by atoms with Gasteiger partial charge in [0.2, 0.25) is 0 Å². The number of rotatable bonds is 2. The topological polar surface area (TPSA) is 61.0 Å². The molecule has 0 amide bonds. The third-order valence-corrected chi connectivity index (χ3v) is 2.03. The van der Waals surface area contributed by atoms with E-state index in [9.17, 15) is 0 Å². The van der Waals surface area contributed by atoms with Gasteiger partial charge in [-0.05, 0) is 32.0 Å². The van der Waals surface area contributed by atoms with Crippen molar-refractivity contribution < 1.29 is 4.74 Å². The van der Waals surface area contributed by atoms with E-state index in [0.717, 1.165) is 11.4 Å². The van der Waals surface area contributed by atoms with Crippen molar-refractivity contribution in [2.75, 3.05) is 5.73 Å². The Balaban J connectivity index is 2.27. The number of nitrogen functional groups attached to an aromatic ring is 1. The summed E-state index contributed by atoms with van der Waals surface area (Å²) < 4.78 is 5.52. The van der Waals surface area contributed by atoms with Gasteiger partial charge in [0.05, 0.1) is 0 Å². The van der Waals surface area contributed by atoms with Crippen LogP contribution in [0.3, 0.4) is 0 Å². The molecule has 0 spiro atoms. The molecular formula is C12H13N3O. The van der Waals surface area contributed by atoms with Gasteiger partial charge in [-0.3, -0.25) is 0 Å². The highest BCUT2D eigenvalue weighted by molar-refractivity contribution is 5.44. The molecule has 0 aliphatic carbocycles. The summed E-state index contributed by atoms with van der Waals surface area (Å²) in [5, 5.41) is 0. The van der Waals surface area contributed by atoms with Crippen LogP contribution in [0, 0.1) is 13.8 Å². The number of nitrogens with two attached hydrogens (primary N) is 1. The van der Waals surface area contributed by atoms with Gasteiger partial charge in [0.1, 0.15) is 5.75 Å². The van der Waals surface area contributed by atoms with E-state index in [0.29, 0.717) is 17.4 Å². The van der Waals surface area contributed by atoms with Gasteiger partial charge in [0, 0.05) is 23.1 Å². The van der Waals surface area contributed by atoms with Crippen LogP contribution in [0.5, 0.6) is 11.8 Å². The van der Waals surface area contributed by atoms with Crippen LogP contribution in [0.15, 0.2) is 30.3 Å². The van der Waals surface area contributed by atoms with Crippen LogP contribution in [-0.4, -0.2) is 9.97 Å². The van der Waals surface area contributed by atoms with Crippen molar-refractivity contribution in [3.8, 4) is 11.8 Å². The fraction of sp³-hybridized carbons (Fsp3) is 0.167. The Morgan fingerprint density at radius 2 is 1.75 bits per heavy atom. The molecule has 0 atom stereocenters. The summed E-state index contributed by atoms with van der Waals surface area (Å²) in [7, 11) is 0. The first kappa shape index (κ1) is 10.4. The lowest BCUT2D eigenvalue weighted by Crippen LogP contribution is -1.96. The summed E-state index contributed by atoms with van der Waals surface area (Å²) >= 11 is 0. The minimum Gasteiger partial charge on any atom is -0.424 e. The molecule has 82 valence electrons. The van der Waals surface area contributed by atoms with Crippen LogP contribution in [0.1, 0.15) is 11.4 Å². The van der Waals surface area contributed by atoms with Gasteiger partial charge in [-0.25, -0.2) is 9.97 Å². The van der Waals surface area contributed by atoms with Crippen molar-refractivity contribution >= 4 is 5.69 Å². The van der Waals surface area contributed by atoms with Crippen LogP contribution >= 0.6 is 0 Å². The molecule has 4 nitrogen and oxygen atoms in total. The molecule has 16 heavy (non-hydrogen) atoms. The molecule has 0 bridgehead atoms. The number of aromatic nitrogens is 2. The third-order valence-electron chi connectivity index (χ3n) is 2.03. The zero-order valence-corrected chi connectivity index (χ0v) is 9.27. The minimum absolute atomic E-state index is 0.350. The molecule has 0 saturated heterocycles. The third kappa shape index (κ3) is 2.48. The largest absolute Gasteiger partial charge is 0.424 e. The van der Waals surface area contributed by atoms with Crippen LogP contribution in [0.25, 0.3) is 0 Å². The number of nitrogens with zero attached hydrogens (tertiary/aromatic N) is 2. The first-order chi connectivity index (χ1) is 7.63. The molecule has 1 aromatic heterocycles. The maximum absolute atomic E-state index is 5.65. The molecule has 4 heteroatoms. The van der Waals surface area contributed by atoms with E-state index in [2.05, 4.69) is 9.97 Å². The molecular weight excluding hydrogens is 202 g/mol. The summed E-state index contributed by atoms with van der Waals surface area (Å²) in [6.45, 7) is 3.81. The number of benzene rings is 1. The maximum atomic E-state index is 5.65. The Labute approximate surface area is 94.1 Å². The van der Waals surface area contributed by atoms with E-state index in [1.54, 1.807) is 12.1 Å². The highest BCUT2D eigenvalue weighted by Gasteiger charge is 2.02. The molecule has 0 radical (unpaired) electrons. The maximum Gasteiger partial charge on any atom is 0.322 e. The van der Waals surface area contributed by atoms with Gasteiger partial charge < -0.3 is 10.5 Å². The van der Waals surface area contributed by atoms with Gasteiger partial charge in [0.15, 0.2) is 0 Å². The number of ether oxygens (including phenoxy) is 1. The predicted molar refractivity (Wildman–Crippen MR) is 62.4 cm³/mol. The number of hydrogen-bond acceptors (Lipinski definition) is 4. The fourth-order valence-electron chi connectivity index (χ4n) is 1.42. The molecule has 1 heterocycles. The summed E-state index contributed by atoms with van der Waals surface area (Å²) in [6.07, 6.45) is 0. The standard InChI is InChI=1S/C12H13N3O/c1-8-6-9(2)15-12(14-8)16-11-5-3-4-10(13)7-11/h3-7H,13H2,1-2H3. The smallest absolute Gasteiger partial charge is 0.322 e. The lowest BCUT2D eigenvalue weighted by Gasteiger charge is -2.05. The number of hydrogen-bond donors (Lipinski definition) is 1. The Hall–Kier alpha value is -2.10. The minimum atomic E-state index is 0.350. The van der Waals surface area contributed by atoms with Crippen LogP contribution in [0.2, 0.25) is 0 Å². The summed E-state index contributed by atoms with van der Waals surface area (Å²) in [5.41, 5.74) is 8.07. The monoisotopic (exact) mass is 215 g/mol.